The van der Waals surface area contributed by atoms with Crippen LogP contribution in [0, 0.1) is 0 Å². The van der Waals surface area contributed by atoms with Crippen molar-refractivity contribution in [1.29, 1.82) is 0 Å². The number of amides is 1. The van der Waals surface area contributed by atoms with E-state index in [0.717, 1.165) is 4.47 Å². The van der Waals surface area contributed by atoms with Crippen molar-refractivity contribution in [2.24, 2.45) is 0 Å². The summed E-state index contributed by atoms with van der Waals surface area (Å²) in [7, 11) is 0. The van der Waals surface area contributed by atoms with Crippen molar-refractivity contribution in [2.45, 2.75) is 19.5 Å². The van der Waals surface area contributed by atoms with Crippen LogP contribution in [0.4, 0.5) is 0 Å². The minimum Gasteiger partial charge on any atom is -0.467 e. The molecule has 36 heavy (non-hydrogen) atoms. The van der Waals surface area contributed by atoms with Gasteiger partial charge in [0.2, 0.25) is 0 Å². The molecule has 180 valence electrons. The first kappa shape index (κ1) is 24.0. The number of carbonyl (C=O) groups excluding carboxylic acids is 1. The number of benzene rings is 3. The first-order valence-corrected chi connectivity index (χ1v) is 12.5. The highest BCUT2D eigenvalue weighted by molar-refractivity contribution is 9.10. The van der Waals surface area contributed by atoms with Crippen molar-refractivity contribution in [3.05, 3.63) is 128 Å². The number of halogens is 2. The van der Waals surface area contributed by atoms with E-state index in [1.54, 1.807) is 64.3 Å². The fourth-order valence-electron chi connectivity index (χ4n) is 4.15. The Morgan fingerprint density at radius 1 is 1.03 bits per heavy atom. The maximum atomic E-state index is 13.8. The highest BCUT2D eigenvalue weighted by atomic mass is 79.9. The second-order valence-corrected chi connectivity index (χ2v) is 9.60. The summed E-state index contributed by atoms with van der Waals surface area (Å²) in [4.78, 5) is 34.1. The Bertz CT molecular complexity index is 1600. The summed E-state index contributed by atoms with van der Waals surface area (Å²) in [6.45, 7) is 2.02. The molecule has 0 spiro atoms. The summed E-state index contributed by atoms with van der Waals surface area (Å²) in [5.41, 5.74) is 1.34. The van der Waals surface area contributed by atoms with Gasteiger partial charge in [0.15, 0.2) is 0 Å². The third-order valence-corrected chi connectivity index (χ3v) is 6.86. The molecule has 1 amide bonds. The third kappa shape index (κ3) is 4.59. The van der Waals surface area contributed by atoms with Crippen LogP contribution in [0.2, 0.25) is 5.02 Å². The maximum Gasteiger partial charge on any atom is 0.266 e. The zero-order valence-corrected chi connectivity index (χ0v) is 21.6. The number of hydrogen-bond donors (Lipinski definition) is 0. The monoisotopic (exact) mass is 561 g/mol. The fourth-order valence-corrected chi connectivity index (χ4v) is 4.63. The standard InChI is InChI=1S/C28H21BrClN3O3/c1-18(32(17-21-7-6-16-36-21)27(34)22-8-2-4-10-24(22)30)26-31-25-11-5-3-9-23(25)28(35)33(26)20-14-12-19(29)13-15-20/h2-16,18H,17H2,1H3. The normalized spacial score (nSPS) is 12.0. The minimum atomic E-state index is -0.611. The SMILES string of the molecule is CC(c1nc2ccccc2c(=O)n1-c1ccc(Br)cc1)N(Cc1ccco1)C(=O)c1ccccc1Cl. The number of aromatic nitrogens is 2. The Morgan fingerprint density at radius 2 is 1.75 bits per heavy atom. The van der Waals surface area contributed by atoms with Gasteiger partial charge < -0.3 is 9.32 Å². The van der Waals surface area contributed by atoms with Gasteiger partial charge in [0.25, 0.3) is 11.5 Å². The van der Waals surface area contributed by atoms with Crippen molar-refractivity contribution in [3.8, 4) is 5.69 Å². The van der Waals surface area contributed by atoms with Gasteiger partial charge in [0.1, 0.15) is 11.6 Å². The maximum absolute atomic E-state index is 13.8. The summed E-state index contributed by atoms with van der Waals surface area (Å²) in [6, 6.07) is 24.5. The predicted octanol–water partition coefficient (Wildman–Crippen LogP) is 6.80. The Balaban J connectivity index is 1.71. The van der Waals surface area contributed by atoms with Crippen LogP contribution in [0.15, 0.2) is 105 Å². The minimum absolute atomic E-state index is 0.168. The molecule has 5 rings (SSSR count). The largest absolute Gasteiger partial charge is 0.467 e. The Labute approximate surface area is 220 Å². The third-order valence-electron chi connectivity index (χ3n) is 6.00. The van der Waals surface area contributed by atoms with Gasteiger partial charge in [0.05, 0.1) is 46.0 Å². The van der Waals surface area contributed by atoms with Crippen LogP contribution < -0.4 is 5.56 Å². The molecule has 0 aliphatic carbocycles. The van der Waals surface area contributed by atoms with E-state index in [1.165, 1.54) is 0 Å². The molecule has 8 heteroatoms. The molecule has 0 fully saturated rings. The molecule has 2 aromatic heterocycles. The van der Waals surface area contributed by atoms with E-state index in [9.17, 15) is 9.59 Å². The molecule has 2 heterocycles. The molecule has 3 aromatic carbocycles. The average Bonchev–Trinajstić information content (AvgIpc) is 3.41. The summed E-state index contributed by atoms with van der Waals surface area (Å²) >= 11 is 9.85. The highest BCUT2D eigenvalue weighted by Crippen LogP contribution is 2.28. The molecule has 1 atom stereocenters. The molecule has 6 nitrogen and oxygen atoms in total. The van der Waals surface area contributed by atoms with E-state index < -0.39 is 6.04 Å². The van der Waals surface area contributed by atoms with Crippen molar-refractivity contribution < 1.29 is 9.21 Å². The lowest BCUT2D eigenvalue weighted by Gasteiger charge is -2.30. The van der Waals surface area contributed by atoms with Crippen LogP contribution in [-0.4, -0.2) is 20.4 Å². The molecular weight excluding hydrogens is 542 g/mol. The molecule has 0 saturated heterocycles. The van der Waals surface area contributed by atoms with Crippen LogP contribution in [0.5, 0.6) is 0 Å². The molecule has 0 N–H and O–H groups in total. The molecular formula is C28H21BrClN3O3. The van der Waals surface area contributed by atoms with E-state index >= 15 is 0 Å². The lowest BCUT2D eigenvalue weighted by Crippen LogP contribution is -2.37. The molecule has 0 bridgehead atoms. The number of fused-ring (bicyclic) bond motifs is 1. The van der Waals surface area contributed by atoms with Crippen LogP contribution in [-0.2, 0) is 6.54 Å². The summed E-state index contributed by atoms with van der Waals surface area (Å²) in [6.07, 6.45) is 1.56. The first-order chi connectivity index (χ1) is 17.4. The fraction of sp³-hybridized carbons (Fsp3) is 0.107. The van der Waals surface area contributed by atoms with Gasteiger partial charge in [-0.25, -0.2) is 4.98 Å². The van der Waals surface area contributed by atoms with Gasteiger partial charge in [-0.2, -0.15) is 0 Å². The van der Waals surface area contributed by atoms with Crippen LogP contribution >= 0.6 is 27.5 Å². The van der Waals surface area contributed by atoms with Gasteiger partial charge in [-0.3, -0.25) is 14.2 Å². The van der Waals surface area contributed by atoms with Gasteiger partial charge >= 0.3 is 0 Å². The molecule has 1 unspecified atom stereocenters. The van der Waals surface area contributed by atoms with E-state index in [1.807, 2.05) is 43.3 Å². The van der Waals surface area contributed by atoms with Gasteiger partial charge in [-0.05, 0) is 67.6 Å². The zero-order chi connectivity index (χ0) is 25.2. The van der Waals surface area contributed by atoms with Gasteiger partial charge in [0, 0.05) is 4.47 Å². The Morgan fingerprint density at radius 3 is 2.47 bits per heavy atom. The van der Waals surface area contributed by atoms with Crippen molar-refractivity contribution in [3.63, 3.8) is 0 Å². The number of nitrogens with zero attached hydrogens (tertiary/aromatic N) is 3. The number of rotatable bonds is 6. The molecule has 0 saturated carbocycles. The van der Waals surface area contributed by atoms with Crippen LogP contribution in [0.3, 0.4) is 0 Å². The van der Waals surface area contributed by atoms with Crippen molar-refractivity contribution in [2.75, 3.05) is 0 Å². The Hall–Kier alpha value is -3.68. The van der Waals surface area contributed by atoms with E-state index in [-0.39, 0.29) is 18.0 Å². The number of furan rings is 1. The predicted molar refractivity (Wildman–Crippen MR) is 143 cm³/mol. The Kier molecular flexibility index (Phi) is 6.76. The summed E-state index contributed by atoms with van der Waals surface area (Å²) in [5, 5.41) is 0.835. The average molecular weight is 563 g/mol. The number of para-hydroxylation sites is 1. The van der Waals surface area contributed by atoms with Gasteiger partial charge in [-0.15, -0.1) is 0 Å². The second kappa shape index (κ2) is 10.1. The summed E-state index contributed by atoms with van der Waals surface area (Å²) < 4.78 is 8.02. The lowest BCUT2D eigenvalue weighted by atomic mass is 10.1. The van der Waals surface area contributed by atoms with Gasteiger partial charge in [-0.1, -0.05) is 51.8 Å². The highest BCUT2D eigenvalue weighted by Gasteiger charge is 2.29. The first-order valence-electron chi connectivity index (χ1n) is 11.3. The second-order valence-electron chi connectivity index (χ2n) is 8.27. The number of carbonyl (C=O) groups is 1. The molecule has 5 aromatic rings. The quantitative estimate of drug-likeness (QED) is 0.228. The van der Waals surface area contributed by atoms with Crippen LogP contribution in [0.1, 0.15) is 34.9 Å². The molecule has 0 aliphatic rings. The van der Waals surface area contributed by atoms with E-state index in [4.69, 9.17) is 21.0 Å². The zero-order valence-electron chi connectivity index (χ0n) is 19.3. The molecule has 0 radical (unpaired) electrons. The van der Waals surface area contributed by atoms with Crippen molar-refractivity contribution >= 4 is 44.3 Å². The summed E-state index contributed by atoms with van der Waals surface area (Å²) in [5.74, 6) is 0.725. The molecule has 0 aliphatic heterocycles. The van der Waals surface area contributed by atoms with Crippen LogP contribution in [0.25, 0.3) is 16.6 Å². The number of hydrogen-bond acceptors (Lipinski definition) is 4. The van der Waals surface area contributed by atoms with E-state index in [2.05, 4.69) is 15.9 Å². The topological polar surface area (TPSA) is 68.3 Å². The smallest absolute Gasteiger partial charge is 0.266 e. The lowest BCUT2D eigenvalue weighted by molar-refractivity contribution is 0.0648. The van der Waals surface area contributed by atoms with E-state index in [0.29, 0.717) is 38.8 Å². The van der Waals surface area contributed by atoms with Crippen molar-refractivity contribution in [1.82, 2.24) is 14.5 Å².